The maximum absolute atomic E-state index is 13.4. The molecule has 0 unspecified atom stereocenters. The Labute approximate surface area is 246 Å². The molecule has 2 aromatic carbocycles. The molecule has 0 aliphatic rings. The molecule has 4 N–H and O–H groups in total. The van der Waals surface area contributed by atoms with Crippen LogP contribution in [0.3, 0.4) is 0 Å². The van der Waals surface area contributed by atoms with Crippen LogP contribution in [0.5, 0.6) is 0 Å². The lowest BCUT2D eigenvalue weighted by atomic mass is 9.94. The van der Waals surface area contributed by atoms with Gasteiger partial charge in [-0.3, -0.25) is 14.4 Å². The number of hydrogen-bond donors (Lipinski definition) is 4. The van der Waals surface area contributed by atoms with Gasteiger partial charge in [0.25, 0.3) is 0 Å². The van der Waals surface area contributed by atoms with Crippen LogP contribution in [0.4, 0.5) is 4.39 Å². The molecule has 0 spiro atoms. The number of carbonyl (C=O) groups excluding carboxylic acids is 3. The molecule has 1 aromatic heterocycles. The largest absolute Gasteiger partial charge is 0.463 e. The molecule has 0 aliphatic carbocycles. The fourth-order valence-corrected chi connectivity index (χ4v) is 4.84. The molecule has 0 aliphatic heterocycles. The number of aromatic nitrogens is 1. The summed E-state index contributed by atoms with van der Waals surface area (Å²) in [6.07, 6.45) is 7.29. The van der Waals surface area contributed by atoms with Gasteiger partial charge in [-0.15, -0.1) is 13.2 Å². The van der Waals surface area contributed by atoms with Crippen molar-refractivity contribution < 1.29 is 28.6 Å². The molecule has 2 amide bonds. The predicted octanol–water partition coefficient (Wildman–Crippen LogP) is 4.39. The summed E-state index contributed by atoms with van der Waals surface area (Å²) in [7, 11) is 0. The summed E-state index contributed by atoms with van der Waals surface area (Å²) in [6.45, 7) is 7.30. The van der Waals surface area contributed by atoms with Gasteiger partial charge in [0, 0.05) is 30.1 Å². The van der Waals surface area contributed by atoms with Crippen LogP contribution < -0.4 is 10.6 Å². The summed E-state index contributed by atoms with van der Waals surface area (Å²) in [5.41, 5.74) is 2.71. The maximum atomic E-state index is 13.4. The summed E-state index contributed by atoms with van der Waals surface area (Å²) in [4.78, 5) is 42.1. The van der Waals surface area contributed by atoms with Crippen molar-refractivity contribution in [1.29, 1.82) is 0 Å². The highest BCUT2D eigenvalue weighted by atomic mass is 19.1. The molecule has 8 nitrogen and oxygen atoms in total. The standard InChI is InChI=1S/C33H40FN3O5/c1-3-5-9-25(18-23-12-14-27(34)15-13-23)33(41)42-22-28(19-26-21-36-30-11-7-6-10-29(26)30)37-32(40)24(8-4-2)20-31(39)35-16-17-38/h3-4,6-7,10-15,21,24-25,28,36,38H,1-2,5,8-9,16-20,22H2,(H,35,39)(H,37,40)/t24-,25-,28+/m1/s1. The number of aliphatic hydroxyl groups excluding tert-OH is 1. The lowest BCUT2D eigenvalue weighted by Crippen LogP contribution is -2.44. The summed E-state index contributed by atoms with van der Waals surface area (Å²) in [5, 5.41) is 15.6. The third-order valence-electron chi connectivity index (χ3n) is 7.05. The number of esters is 1. The molecular formula is C33H40FN3O5. The minimum atomic E-state index is -0.679. The number of carbonyl (C=O) groups is 3. The van der Waals surface area contributed by atoms with Gasteiger partial charge in [0.15, 0.2) is 0 Å². The van der Waals surface area contributed by atoms with Gasteiger partial charge in [-0.2, -0.15) is 0 Å². The van der Waals surface area contributed by atoms with Crippen LogP contribution in [0.15, 0.2) is 80.0 Å². The van der Waals surface area contributed by atoms with Crippen LogP contribution in [0.25, 0.3) is 10.9 Å². The summed E-state index contributed by atoms with van der Waals surface area (Å²) < 4.78 is 19.2. The highest BCUT2D eigenvalue weighted by Gasteiger charge is 2.26. The Morgan fingerprint density at radius 3 is 2.50 bits per heavy atom. The molecule has 0 saturated heterocycles. The molecule has 3 atom stereocenters. The molecule has 0 radical (unpaired) electrons. The molecule has 42 heavy (non-hydrogen) atoms. The lowest BCUT2D eigenvalue weighted by Gasteiger charge is -2.23. The molecule has 224 valence electrons. The van der Waals surface area contributed by atoms with E-state index in [1.807, 2.05) is 30.5 Å². The quantitative estimate of drug-likeness (QED) is 0.132. The van der Waals surface area contributed by atoms with E-state index in [2.05, 4.69) is 28.8 Å². The topological polar surface area (TPSA) is 121 Å². The molecule has 9 heteroatoms. The van der Waals surface area contributed by atoms with E-state index in [0.29, 0.717) is 25.7 Å². The van der Waals surface area contributed by atoms with Crippen molar-refractivity contribution >= 4 is 28.7 Å². The third kappa shape index (κ3) is 9.99. The molecule has 1 heterocycles. The zero-order chi connectivity index (χ0) is 30.3. The lowest BCUT2D eigenvalue weighted by molar-refractivity contribution is -0.150. The normalized spacial score (nSPS) is 13.1. The monoisotopic (exact) mass is 577 g/mol. The molecule has 0 bridgehead atoms. The summed E-state index contributed by atoms with van der Waals surface area (Å²) >= 11 is 0. The van der Waals surface area contributed by atoms with E-state index in [9.17, 15) is 18.8 Å². The molecule has 3 aromatic rings. The second kappa shape index (κ2) is 16.9. The number of H-pyrrole nitrogens is 1. The van der Waals surface area contributed by atoms with Crippen LogP contribution in [0.1, 0.15) is 36.8 Å². The average Bonchev–Trinajstić information content (AvgIpc) is 3.40. The second-order valence-electron chi connectivity index (χ2n) is 10.3. The van der Waals surface area contributed by atoms with Crippen molar-refractivity contribution in [2.75, 3.05) is 19.8 Å². The Balaban J connectivity index is 1.76. The smallest absolute Gasteiger partial charge is 0.309 e. The first-order valence-corrected chi connectivity index (χ1v) is 14.2. The fourth-order valence-electron chi connectivity index (χ4n) is 4.84. The number of amides is 2. The van der Waals surface area contributed by atoms with E-state index in [1.165, 1.54) is 12.1 Å². The zero-order valence-corrected chi connectivity index (χ0v) is 23.8. The minimum absolute atomic E-state index is 0.0707. The zero-order valence-electron chi connectivity index (χ0n) is 23.8. The van der Waals surface area contributed by atoms with E-state index in [4.69, 9.17) is 9.84 Å². The van der Waals surface area contributed by atoms with Gasteiger partial charge >= 0.3 is 5.97 Å². The van der Waals surface area contributed by atoms with E-state index in [-0.39, 0.29) is 50.2 Å². The number of fused-ring (bicyclic) bond motifs is 1. The number of hydrogen-bond acceptors (Lipinski definition) is 5. The summed E-state index contributed by atoms with van der Waals surface area (Å²) in [5.74, 6) is -2.62. The highest BCUT2D eigenvalue weighted by molar-refractivity contribution is 5.86. The van der Waals surface area contributed by atoms with Gasteiger partial charge in [0.1, 0.15) is 12.4 Å². The number of rotatable bonds is 18. The van der Waals surface area contributed by atoms with E-state index in [0.717, 1.165) is 22.0 Å². The van der Waals surface area contributed by atoms with Gasteiger partial charge < -0.3 is 25.5 Å². The Morgan fingerprint density at radius 1 is 1.02 bits per heavy atom. The average molecular weight is 578 g/mol. The van der Waals surface area contributed by atoms with E-state index < -0.39 is 23.8 Å². The van der Waals surface area contributed by atoms with Crippen LogP contribution in [-0.2, 0) is 32.0 Å². The van der Waals surface area contributed by atoms with Crippen LogP contribution in [-0.4, -0.2) is 53.7 Å². The number of nitrogens with one attached hydrogen (secondary N) is 3. The number of ether oxygens (including phenoxy) is 1. The number of para-hydroxylation sites is 1. The van der Waals surface area contributed by atoms with E-state index in [1.54, 1.807) is 24.3 Å². The van der Waals surface area contributed by atoms with Gasteiger partial charge in [-0.1, -0.05) is 42.5 Å². The number of benzene rings is 2. The first-order chi connectivity index (χ1) is 20.3. The molecule has 0 saturated carbocycles. The van der Waals surface area contributed by atoms with Crippen molar-refractivity contribution in [2.24, 2.45) is 11.8 Å². The Bertz CT molecular complexity index is 1340. The number of aliphatic hydroxyl groups is 1. The first-order valence-electron chi connectivity index (χ1n) is 14.2. The molecule has 3 rings (SSSR count). The van der Waals surface area contributed by atoms with Crippen molar-refractivity contribution in [1.82, 2.24) is 15.6 Å². The van der Waals surface area contributed by atoms with Crippen LogP contribution in [0.2, 0.25) is 0 Å². The van der Waals surface area contributed by atoms with Crippen molar-refractivity contribution in [2.45, 2.75) is 44.6 Å². The Morgan fingerprint density at radius 2 is 1.79 bits per heavy atom. The van der Waals surface area contributed by atoms with Crippen molar-refractivity contribution in [3.8, 4) is 0 Å². The summed E-state index contributed by atoms with van der Waals surface area (Å²) in [6, 6.07) is 13.3. The fraction of sp³-hybridized carbons (Fsp3) is 0.364. The second-order valence-corrected chi connectivity index (χ2v) is 10.3. The number of aromatic amines is 1. The Kier molecular flexibility index (Phi) is 13.0. The van der Waals surface area contributed by atoms with E-state index >= 15 is 0 Å². The third-order valence-corrected chi connectivity index (χ3v) is 7.05. The van der Waals surface area contributed by atoms with Gasteiger partial charge in [0.05, 0.1) is 24.5 Å². The van der Waals surface area contributed by atoms with Gasteiger partial charge in [-0.05, 0) is 61.4 Å². The van der Waals surface area contributed by atoms with Crippen molar-refractivity contribution in [3.63, 3.8) is 0 Å². The van der Waals surface area contributed by atoms with Gasteiger partial charge in [-0.25, -0.2) is 4.39 Å². The minimum Gasteiger partial charge on any atom is -0.463 e. The predicted molar refractivity (Wildman–Crippen MR) is 161 cm³/mol. The molecular weight excluding hydrogens is 537 g/mol. The number of allylic oxidation sites excluding steroid dienone is 2. The SMILES string of the molecule is C=CCC[C@H](Cc1ccc(F)cc1)C(=O)OC[C@H](Cc1c[nH]c2ccccc12)NC(=O)[C@H](CC=C)CC(=O)NCCO. The van der Waals surface area contributed by atoms with Crippen molar-refractivity contribution in [3.05, 3.63) is 97.0 Å². The van der Waals surface area contributed by atoms with Gasteiger partial charge in [0.2, 0.25) is 11.8 Å². The Hall–Kier alpha value is -4.24. The highest BCUT2D eigenvalue weighted by Crippen LogP contribution is 2.21. The number of halogens is 1. The van der Waals surface area contributed by atoms with Crippen LogP contribution >= 0.6 is 0 Å². The first kappa shape index (κ1) is 32.3. The maximum Gasteiger partial charge on any atom is 0.309 e. The van der Waals surface area contributed by atoms with Crippen LogP contribution in [0, 0.1) is 17.7 Å². The molecule has 0 fully saturated rings.